The van der Waals surface area contributed by atoms with Gasteiger partial charge < -0.3 is 14.7 Å². The van der Waals surface area contributed by atoms with Gasteiger partial charge in [0, 0.05) is 44.7 Å². The maximum absolute atomic E-state index is 13.2. The van der Waals surface area contributed by atoms with Crippen LogP contribution in [0.15, 0.2) is 24.3 Å². The van der Waals surface area contributed by atoms with Gasteiger partial charge in [-0.2, -0.15) is 13.2 Å². The van der Waals surface area contributed by atoms with Gasteiger partial charge in [-0.25, -0.2) is 0 Å². The number of benzene rings is 1. The fourth-order valence-electron chi connectivity index (χ4n) is 4.00. The molecule has 0 aliphatic carbocycles. The van der Waals surface area contributed by atoms with Gasteiger partial charge in [0.1, 0.15) is 0 Å². The van der Waals surface area contributed by atoms with Gasteiger partial charge >= 0.3 is 6.18 Å². The van der Waals surface area contributed by atoms with Crippen molar-refractivity contribution in [1.82, 2.24) is 14.7 Å². The van der Waals surface area contributed by atoms with E-state index in [0.29, 0.717) is 6.54 Å². The van der Waals surface area contributed by atoms with Crippen LogP contribution in [-0.4, -0.2) is 70.7 Å². The summed E-state index contributed by atoms with van der Waals surface area (Å²) in [4.78, 5) is 42.4. The number of alkyl halides is 3. The Morgan fingerprint density at radius 3 is 2.07 bits per heavy atom. The second-order valence-corrected chi connectivity index (χ2v) is 8.74. The van der Waals surface area contributed by atoms with Crippen molar-refractivity contribution in [3.05, 3.63) is 35.4 Å². The van der Waals surface area contributed by atoms with Crippen molar-refractivity contribution in [1.29, 1.82) is 0 Å². The van der Waals surface area contributed by atoms with Crippen molar-refractivity contribution in [3.63, 3.8) is 0 Å². The quantitative estimate of drug-likeness (QED) is 0.732. The molecule has 0 saturated carbocycles. The predicted molar refractivity (Wildman–Crippen MR) is 104 cm³/mol. The minimum absolute atomic E-state index is 0.0570. The van der Waals surface area contributed by atoms with E-state index in [4.69, 9.17) is 0 Å². The summed E-state index contributed by atoms with van der Waals surface area (Å²) in [5, 5.41) is 0. The molecule has 2 saturated heterocycles. The monoisotopic (exact) mass is 425 g/mol. The molecule has 0 N–H and O–H groups in total. The SMILES string of the molecule is CC(C)(C)N1CC(C(=O)N2CCN(C(=O)c3ccccc3C(F)(F)F)CC2)CC1=O. The summed E-state index contributed by atoms with van der Waals surface area (Å²) >= 11 is 0. The molecule has 3 amide bonds. The topological polar surface area (TPSA) is 60.9 Å². The number of hydrogen-bond acceptors (Lipinski definition) is 3. The number of nitrogens with zero attached hydrogens (tertiary/aromatic N) is 3. The summed E-state index contributed by atoms with van der Waals surface area (Å²) < 4.78 is 39.6. The van der Waals surface area contributed by atoms with Gasteiger partial charge in [-0.05, 0) is 32.9 Å². The number of carbonyl (C=O) groups excluding carboxylic acids is 3. The van der Waals surface area contributed by atoms with Crippen molar-refractivity contribution in [2.75, 3.05) is 32.7 Å². The van der Waals surface area contributed by atoms with E-state index in [1.807, 2.05) is 20.8 Å². The van der Waals surface area contributed by atoms with Gasteiger partial charge in [0.15, 0.2) is 0 Å². The highest BCUT2D eigenvalue weighted by molar-refractivity contribution is 5.96. The van der Waals surface area contributed by atoms with E-state index in [9.17, 15) is 27.6 Å². The van der Waals surface area contributed by atoms with Gasteiger partial charge in [-0.3, -0.25) is 14.4 Å². The molecular weight excluding hydrogens is 399 g/mol. The third kappa shape index (κ3) is 4.44. The van der Waals surface area contributed by atoms with Crippen molar-refractivity contribution in [2.24, 2.45) is 5.92 Å². The molecule has 1 aromatic carbocycles. The van der Waals surface area contributed by atoms with Crippen LogP contribution in [0.3, 0.4) is 0 Å². The number of hydrogen-bond donors (Lipinski definition) is 0. The highest BCUT2D eigenvalue weighted by atomic mass is 19.4. The van der Waals surface area contributed by atoms with Gasteiger partial charge in [0.2, 0.25) is 11.8 Å². The highest BCUT2D eigenvalue weighted by Gasteiger charge is 2.42. The molecule has 0 radical (unpaired) electrons. The summed E-state index contributed by atoms with van der Waals surface area (Å²) in [5.41, 5.74) is -1.70. The Kier molecular flexibility index (Phi) is 5.84. The lowest BCUT2D eigenvalue weighted by Gasteiger charge is -2.36. The van der Waals surface area contributed by atoms with Crippen molar-refractivity contribution in [2.45, 2.75) is 38.9 Å². The molecule has 0 spiro atoms. The lowest BCUT2D eigenvalue weighted by atomic mass is 10.0. The Bertz CT molecular complexity index is 840. The minimum atomic E-state index is -4.61. The molecule has 2 aliphatic rings. The zero-order chi connectivity index (χ0) is 22.3. The minimum Gasteiger partial charge on any atom is -0.339 e. The average molecular weight is 425 g/mol. The first-order valence-corrected chi connectivity index (χ1v) is 9.94. The smallest absolute Gasteiger partial charge is 0.339 e. The highest BCUT2D eigenvalue weighted by Crippen LogP contribution is 2.33. The molecule has 0 bridgehead atoms. The van der Waals surface area contributed by atoms with E-state index in [1.165, 1.54) is 23.1 Å². The normalized spacial score (nSPS) is 20.7. The summed E-state index contributed by atoms with van der Waals surface area (Å²) in [6, 6.07) is 4.72. The lowest BCUT2D eigenvalue weighted by Crippen LogP contribution is -2.52. The summed E-state index contributed by atoms with van der Waals surface area (Å²) in [5.74, 6) is -1.31. The number of likely N-dealkylation sites (tertiary alicyclic amines) is 1. The van der Waals surface area contributed by atoms with Crippen LogP contribution in [0.2, 0.25) is 0 Å². The molecule has 9 heteroatoms. The van der Waals surface area contributed by atoms with Crippen LogP contribution in [0.5, 0.6) is 0 Å². The molecule has 1 aromatic rings. The number of amides is 3. The Morgan fingerprint density at radius 2 is 1.53 bits per heavy atom. The molecule has 2 aliphatic heterocycles. The third-order valence-electron chi connectivity index (χ3n) is 5.63. The van der Waals surface area contributed by atoms with Crippen molar-refractivity contribution < 1.29 is 27.6 Å². The summed E-state index contributed by atoms with van der Waals surface area (Å²) in [7, 11) is 0. The van der Waals surface area contributed by atoms with Crippen LogP contribution in [0.25, 0.3) is 0 Å². The number of halogens is 3. The Labute approximate surface area is 173 Å². The average Bonchev–Trinajstić information content (AvgIpc) is 3.08. The molecule has 3 rings (SSSR count). The molecule has 164 valence electrons. The summed E-state index contributed by atoms with van der Waals surface area (Å²) in [6.07, 6.45) is -4.45. The van der Waals surface area contributed by atoms with Crippen molar-refractivity contribution >= 4 is 17.7 Å². The molecule has 30 heavy (non-hydrogen) atoms. The molecule has 6 nitrogen and oxygen atoms in total. The molecule has 1 atom stereocenters. The van der Waals surface area contributed by atoms with Crippen LogP contribution < -0.4 is 0 Å². The van der Waals surface area contributed by atoms with Gasteiger partial charge in [-0.15, -0.1) is 0 Å². The maximum Gasteiger partial charge on any atom is 0.417 e. The van der Waals surface area contributed by atoms with E-state index >= 15 is 0 Å². The first kappa shape index (κ1) is 22.1. The largest absolute Gasteiger partial charge is 0.417 e. The molecular formula is C21H26F3N3O3. The lowest BCUT2D eigenvalue weighted by molar-refractivity contribution is -0.138. The molecule has 0 aromatic heterocycles. The zero-order valence-corrected chi connectivity index (χ0v) is 17.3. The standard InChI is InChI=1S/C21H26F3N3O3/c1-20(2,3)27-13-14(12-17(27)28)18(29)25-8-10-26(11-9-25)19(30)15-6-4-5-7-16(15)21(22,23)24/h4-7,14H,8-13H2,1-3H3. The van der Waals surface area contributed by atoms with E-state index in [2.05, 4.69) is 0 Å². The fourth-order valence-corrected chi connectivity index (χ4v) is 4.00. The number of carbonyl (C=O) groups is 3. The van der Waals surface area contributed by atoms with E-state index in [1.54, 1.807) is 9.80 Å². The first-order chi connectivity index (χ1) is 13.9. The zero-order valence-electron chi connectivity index (χ0n) is 17.3. The second kappa shape index (κ2) is 7.92. The Balaban J connectivity index is 1.63. The van der Waals surface area contributed by atoms with Gasteiger partial charge in [0.05, 0.1) is 17.0 Å². The van der Waals surface area contributed by atoms with Gasteiger partial charge in [0.25, 0.3) is 5.91 Å². The Morgan fingerprint density at radius 1 is 0.967 bits per heavy atom. The van der Waals surface area contributed by atoms with Crippen molar-refractivity contribution in [3.8, 4) is 0 Å². The van der Waals surface area contributed by atoms with E-state index in [-0.39, 0.29) is 55.5 Å². The van der Waals surface area contributed by atoms with Crippen LogP contribution in [-0.2, 0) is 15.8 Å². The molecule has 2 heterocycles. The molecule has 2 fully saturated rings. The second-order valence-electron chi connectivity index (χ2n) is 8.74. The van der Waals surface area contributed by atoms with E-state index in [0.717, 1.165) is 6.07 Å². The van der Waals surface area contributed by atoms with Crippen LogP contribution in [0.1, 0.15) is 43.1 Å². The van der Waals surface area contributed by atoms with Crippen LogP contribution in [0, 0.1) is 5.92 Å². The first-order valence-electron chi connectivity index (χ1n) is 9.94. The summed E-state index contributed by atoms with van der Waals surface area (Å²) in [6.45, 7) is 6.89. The fraction of sp³-hybridized carbons (Fsp3) is 0.571. The third-order valence-corrected chi connectivity index (χ3v) is 5.63. The number of rotatable bonds is 2. The van der Waals surface area contributed by atoms with Crippen LogP contribution in [0.4, 0.5) is 13.2 Å². The predicted octanol–water partition coefficient (Wildman–Crippen LogP) is 2.64. The molecule has 1 unspecified atom stereocenters. The van der Waals surface area contributed by atoms with Crippen LogP contribution >= 0.6 is 0 Å². The van der Waals surface area contributed by atoms with Gasteiger partial charge in [-0.1, -0.05) is 12.1 Å². The number of piperazine rings is 1. The maximum atomic E-state index is 13.2. The Hall–Kier alpha value is -2.58. The van der Waals surface area contributed by atoms with E-state index < -0.39 is 23.6 Å².